The summed E-state index contributed by atoms with van der Waals surface area (Å²) in [5.41, 5.74) is 3.42. The summed E-state index contributed by atoms with van der Waals surface area (Å²) in [7, 11) is 0. The van der Waals surface area contributed by atoms with Gasteiger partial charge in [0.2, 0.25) is 0 Å². The number of nitrogens with zero attached hydrogens (tertiary/aromatic N) is 3. The van der Waals surface area contributed by atoms with Crippen LogP contribution in [0, 0.1) is 42.4 Å². The van der Waals surface area contributed by atoms with Crippen LogP contribution in [0.15, 0.2) is 36.4 Å². The Hall–Kier alpha value is -3.77. The molecule has 0 aliphatic heterocycles. The number of H-pyrrole nitrogens is 1. The zero-order valence-electron chi connectivity index (χ0n) is 19.9. The van der Waals surface area contributed by atoms with E-state index in [0.29, 0.717) is 34.5 Å². The molecule has 0 saturated heterocycles. The quantitative estimate of drug-likeness (QED) is 0.435. The van der Waals surface area contributed by atoms with Gasteiger partial charge in [-0.1, -0.05) is 32.0 Å². The van der Waals surface area contributed by atoms with Crippen LogP contribution in [0.25, 0.3) is 11.3 Å². The molecule has 2 atom stereocenters. The van der Waals surface area contributed by atoms with E-state index in [4.69, 9.17) is 5.26 Å². The van der Waals surface area contributed by atoms with Crippen LogP contribution in [0.5, 0.6) is 0 Å². The van der Waals surface area contributed by atoms with E-state index in [1.165, 1.54) is 0 Å². The van der Waals surface area contributed by atoms with Crippen LogP contribution >= 0.6 is 0 Å². The van der Waals surface area contributed by atoms with Crippen LogP contribution in [-0.4, -0.2) is 15.8 Å². The molecule has 1 heterocycles. The summed E-state index contributed by atoms with van der Waals surface area (Å²) in [5, 5.41) is 18.6. The van der Waals surface area contributed by atoms with Crippen LogP contribution in [0.4, 0.5) is 4.39 Å². The second-order valence-electron chi connectivity index (χ2n) is 9.55. The second kappa shape index (κ2) is 8.88. The number of aryl methyl sites for hydroxylation is 2. The highest BCUT2D eigenvalue weighted by Gasteiger charge is 2.44. The number of alkyl halides is 1. The maximum absolute atomic E-state index is 15.8. The molecule has 1 fully saturated rings. The number of halogens is 1. The SMILES string of the molecule is Cc1cc(C)c(-c2[nH]c(C(C)C)nc2C#N)cc1C(=O)C1CCC(F)(c2ccc(C#N)cc2)C1.[HH]. The molecule has 34 heavy (non-hydrogen) atoms. The summed E-state index contributed by atoms with van der Waals surface area (Å²) in [6.45, 7) is 7.83. The highest BCUT2D eigenvalue weighted by atomic mass is 19.1. The molecule has 0 radical (unpaired) electrons. The minimum atomic E-state index is -1.58. The van der Waals surface area contributed by atoms with E-state index >= 15 is 4.39 Å². The fourth-order valence-electron chi connectivity index (χ4n) is 4.87. The van der Waals surface area contributed by atoms with E-state index in [0.717, 1.165) is 22.5 Å². The number of nitriles is 2. The molecule has 1 aromatic heterocycles. The smallest absolute Gasteiger partial charge is 0.166 e. The summed E-state index contributed by atoms with van der Waals surface area (Å²) in [6, 6.07) is 14.5. The number of aromatic amines is 1. The van der Waals surface area contributed by atoms with Crippen molar-refractivity contribution >= 4 is 5.78 Å². The molecular formula is C28H29FN4O. The van der Waals surface area contributed by atoms with E-state index in [9.17, 15) is 10.1 Å². The third-order valence-electron chi connectivity index (χ3n) is 6.84. The second-order valence-corrected chi connectivity index (χ2v) is 9.55. The first-order valence-electron chi connectivity index (χ1n) is 11.5. The molecule has 5 nitrogen and oxygen atoms in total. The molecule has 1 aliphatic rings. The number of ketones is 1. The highest BCUT2D eigenvalue weighted by Crippen LogP contribution is 2.47. The number of imidazole rings is 1. The lowest BCUT2D eigenvalue weighted by atomic mass is 9.87. The van der Waals surface area contributed by atoms with Gasteiger partial charge in [-0.15, -0.1) is 0 Å². The van der Waals surface area contributed by atoms with Crippen molar-refractivity contribution in [2.75, 3.05) is 0 Å². The number of Topliss-reactive ketones (excluding diaryl/α,β-unsaturated/α-hetero) is 1. The Morgan fingerprint density at radius 1 is 1.18 bits per heavy atom. The highest BCUT2D eigenvalue weighted by molar-refractivity contribution is 6.00. The predicted octanol–water partition coefficient (Wildman–Crippen LogP) is 6.65. The van der Waals surface area contributed by atoms with Gasteiger partial charge in [0.05, 0.1) is 17.3 Å². The first-order valence-corrected chi connectivity index (χ1v) is 11.5. The van der Waals surface area contributed by atoms with E-state index in [-0.39, 0.29) is 26.0 Å². The van der Waals surface area contributed by atoms with Crippen molar-refractivity contribution in [3.63, 3.8) is 0 Å². The van der Waals surface area contributed by atoms with Gasteiger partial charge in [0, 0.05) is 24.4 Å². The minimum Gasteiger partial charge on any atom is -0.341 e. The fourth-order valence-corrected chi connectivity index (χ4v) is 4.87. The average molecular weight is 457 g/mol. The van der Waals surface area contributed by atoms with Gasteiger partial charge in [-0.25, -0.2) is 9.37 Å². The normalized spacial score (nSPS) is 19.7. The van der Waals surface area contributed by atoms with Crippen LogP contribution in [-0.2, 0) is 5.67 Å². The average Bonchev–Trinajstić information content (AvgIpc) is 3.44. The Morgan fingerprint density at radius 2 is 1.88 bits per heavy atom. The molecule has 0 bridgehead atoms. The van der Waals surface area contributed by atoms with Crippen molar-refractivity contribution < 1.29 is 10.6 Å². The molecule has 6 heteroatoms. The van der Waals surface area contributed by atoms with E-state index < -0.39 is 11.6 Å². The van der Waals surface area contributed by atoms with Gasteiger partial charge in [-0.05, 0) is 68.0 Å². The van der Waals surface area contributed by atoms with E-state index in [2.05, 4.69) is 16.0 Å². The fraction of sp³-hybridized carbons (Fsp3) is 0.357. The van der Waals surface area contributed by atoms with Gasteiger partial charge in [0.25, 0.3) is 0 Å². The van der Waals surface area contributed by atoms with Crippen LogP contribution in [0.1, 0.15) is 84.6 Å². The number of hydrogen-bond donors (Lipinski definition) is 1. The molecule has 1 aliphatic carbocycles. The Kier molecular flexibility index (Phi) is 6.11. The maximum Gasteiger partial charge on any atom is 0.166 e. The summed E-state index contributed by atoms with van der Waals surface area (Å²) >= 11 is 0. The van der Waals surface area contributed by atoms with Crippen molar-refractivity contribution in [1.29, 1.82) is 10.5 Å². The zero-order valence-corrected chi connectivity index (χ0v) is 19.9. The van der Waals surface area contributed by atoms with E-state index in [1.54, 1.807) is 24.3 Å². The van der Waals surface area contributed by atoms with Crippen LogP contribution < -0.4 is 0 Å². The topological polar surface area (TPSA) is 93.3 Å². The molecule has 4 rings (SSSR count). The summed E-state index contributed by atoms with van der Waals surface area (Å²) in [4.78, 5) is 21.2. The Balaban J connectivity index is 0.00000342. The first kappa shape index (κ1) is 23.4. The molecule has 0 spiro atoms. The van der Waals surface area contributed by atoms with Gasteiger partial charge in [0.1, 0.15) is 17.6 Å². The molecular weight excluding hydrogens is 427 g/mol. The lowest BCUT2D eigenvalue weighted by Gasteiger charge is -2.20. The lowest BCUT2D eigenvalue weighted by molar-refractivity contribution is 0.0895. The number of aromatic nitrogens is 2. The third-order valence-corrected chi connectivity index (χ3v) is 6.84. The van der Waals surface area contributed by atoms with Gasteiger partial charge >= 0.3 is 0 Å². The van der Waals surface area contributed by atoms with Crippen LogP contribution in [0.3, 0.4) is 0 Å². The van der Waals surface area contributed by atoms with Crippen LogP contribution in [0.2, 0.25) is 0 Å². The zero-order chi connectivity index (χ0) is 24.6. The van der Waals surface area contributed by atoms with Crippen molar-refractivity contribution in [3.05, 3.63) is 75.7 Å². The van der Waals surface area contributed by atoms with Gasteiger partial charge in [-0.2, -0.15) is 10.5 Å². The third kappa shape index (κ3) is 4.13. The molecule has 1 saturated carbocycles. The van der Waals surface area contributed by atoms with Crippen molar-refractivity contribution in [3.8, 4) is 23.4 Å². The molecule has 2 unspecified atom stereocenters. The Morgan fingerprint density at radius 3 is 2.50 bits per heavy atom. The Labute approximate surface area is 200 Å². The number of nitrogens with one attached hydrogen (secondary N) is 1. The molecule has 174 valence electrons. The van der Waals surface area contributed by atoms with E-state index in [1.807, 2.05) is 45.9 Å². The molecule has 1 N–H and O–H groups in total. The summed E-state index contributed by atoms with van der Waals surface area (Å²) in [6.07, 6.45) is 0.846. The molecule has 0 amide bonds. The van der Waals surface area contributed by atoms with Gasteiger partial charge in [0.15, 0.2) is 11.5 Å². The number of carbonyl (C=O) groups excluding carboxylic acids is 1. The van der Waals surface area contributed by atoms with Crippen molar-refractivity contribution in [2.45, 2.75) is 58.5 Å². The first-order chi connectivity index (χ1) is 16.2. The number of carbonyl (C=O) groups is 1. The summed E-state index contributed by atoms with van der Waals surface area (Å²) in [5.74, 6) is 0.346. The minimum absolute atomic E-state index is 0. The van der Waals surface area contributed by atoms with Gasteiger partial charge in [-0.3, -0.25) is 4.79 Å². The monoisotopic (exact) mass is 456 g/mol. The Bertz CT molecular complexity index is 1350. The molecule has 2 aromatic carbocycles. The largest absolute Gasteiger partial charge is 0.341 e. The number of benzene rings is 2. The maximum atomic E-state index is 15.8. The molecule has 3 aromatic rings. The number of hydrogen-bond acceptors (Lipinski definition) is 4. The van der Waals surface area contributed by atoms with Gasteiger partial charge < -0.3 is 4.98 Å². The van der Waals surface area contributed by atoms with Crippen molar-refractivity contribution in [1.82, 2.24) is 9.97 Å². The summed E-state index contributed by atoms with van der Waals surface area (Å²) < 4.78 is 15.8. The van der Waals surface area contributed by atoms with Crippen molar-refractivity contribution in [2.24, 2.45) is 5.92 Å². The number of rotatable bonds is 5. The predicted molar refractivity (Wildman–Crippen MR) is 130 cm³/mol. The lowest BCUT2D eigenvalue weighted by Crippen LogP contribution is -2.19. The standard InChI is InChI=1S/C28H27FN4O.H2/c1-16(2)27-32-24(15-31)25(33-27)22-12-23(18(4)11-17(22)3)26(34)20-9-10-28(29,13-20)21-7-5-19(14-30)6-8-21;/h5-8,11-12,16,20H,9-10,13H2,1-4H3,(H,32,33);1H.